The molecule has 2 bridgehead atoms. The number of piperidine rings is 1. The van der Waals surface area contributed by atoms with E-state index in [2.05, 4.69) is 4.90 Å². The second-order valence-electron chi connectivity index (χ2n) is 5.13. The molecule has 2 atom stereocenters. The molecule has 2 heteroatoms. The third kappa shape index (κ3) is 1.31. The van der Waals surface area contributed by atoms with E-state index in [1.165, 1.54) is 38.8 Å². The Morgan fingerprint density at radius 3 is 2.08 bits per heavy atom. The van der Waals surface area contributed by atoms with Crippen molar-refractivity contribution in [2.24, 2.45) is 17.8 Å². The first-order chi connectivity index (χ1) is 6.38. The normalized spacial score (nSPS) is 45.5. The number of aliphatic hydroxyl groups is 1. The van der Waals surface area contributed by atoms with Crippen LogP contribution in [-0.2, 0) is 0 Å². The fraction of sp³-hybridized carbons (Fsp3) is 1.00. The zero-order chi connectivity index (χ0) is 8.84. The maximum absolute atomic E-state index is 9.29. The molecule has 2 nitrogen and oxygen atoms in total. The van der Waals surface area contributed by atoms with Gasteiger partial charge in [0.1, 0.15) is 0 Å². The highest BCUT2D eigenvalue weighted by Gasteiger charge is 2.44. The third-order valence-corrected chi connectivity index (χ3v) is 4.33. The number of fused-ring (bicyclic) bond motifs is 2. The van der Waals surface area contributed by atoms with E-state index in [-0.39, 0.29) is 0 Å². The van der Waals surface area contributed by atoms with Gasteiger partial charge in [-0.3, -0.25) is 4.90 Å². The smallest absolute Gasteiger partial charge is 0.0465 e. The van der Waals surface area contributed by atoms with E-state index in [1.807, 2.05) is 0 Å². The molecule has 2 unspecified atom stereocenters. The minimum Gasteiger partial charge on any atom is -0.396 e. The molecule has 1 heterocycles. The van der Waals surface area contributed by atoms with E-state index in [9.17, 15) is 5.11 Å². The zero-order valence-corrected chi connectivity index (χ0v) is 8.15. The number of hydrogen-bond donors (Lipinski definition) is 1. The summed E-state index contributed by atoms with van der Waals surface area (Å²) in [6, 6.07) is 0.933. The minimum absolute atomic E-state index is 0.438. The van der Waals surface area contributed by atoms with Crippen LogP contribution in [-0.4, -0.2) is 35.7 Å². The van der Waals surface area contributed by atoms with Crippen molar-refractivity contribution in [2.45, 2.75) is 31.7 Å². The molecule has 0 amide bonds. The second-order valence-corrected chi connectivity index (χ2v) is 5.13. The first-order valence-corrected chi connectivity index (χ1v) is 5.73. The predicted octanol–water partition coefficient (Wildman–Crippen LogP) is 1.10. The Morgan fingerprint density at radius 2 is 1.62 bits per heavy atom. The fourth-order valence-corrected chi connectivity index (χ4v) is 3.41. The van der Waals surface area contributed by atoms with Crippen LogP contribution < -0.4 is 0 Å². The van der Waals surface area contributed by atoms with Crippen molar-refractivity contribution in [3.8, 4) is 0 Å². The number of aliphatic hydroxyl groups excluding tert-OH is 1. The second kappa shape index (κ2) is 2.96. The Morgan fingerprint density at radius 1 is 1.00 bits per heavy atom. The zero-order valence-electron chi connectivity index (χ0n) is 8.15. The van der Waals surface area contributed by atoms with Gasteiger partial charge in [0.05, 0.1) is 0 Å². The summed E-state index contributed by atoms with van der Waals surface area (Å²) in [6.07, 6.45) is 5.62. The van der Waals surface area contributed by atoms with E-state index >= 15 is 0 Å². The first kappa shape index (κ1) is 8.25. The van der Waals surface area contributed by atoms with Crippen LogP contribution in [0.4, 0.5) is 0 Å². The lowest BCUT2D eigenvalue weighted by atomic mass is 9.86. The summed E-state index contributed by atoms with van der Waals surface area (Å²) < 4.78 is 0. The van der Waals surface area contributed by atoms with Gasteiger partial charge in [-0.25, -0.2) is 0 Å². The molecule has 0 spiro atoms. The number of nitrogens with zero attached hydrogens (tertiary/aromatic N) is 1. The summed E-state index contributed by atoms with van der Waals surface area (Å²) in [5.41, 5.74) is 0. The first-order valence-electron chi connectivity index (χ1n) is 5.73. The van der Waals surface area contributed by atoms with Gasteiger partial charge in [-0.15, -0.1) is 0 Å². The lowest BCUT2D eigenvalue weighted by Crippen LogP contribution is -2.44. The Hall–Kier alpha value is -0.0800. The fourth-order valence-electron chi connectivity index (χ4n) is 3.41. The van der Waals surface area contributed by atoms with Gasteiger partial charge in [0.25, 0.3) is 0 Å². The van der Waals surface area contributed by atoms with Crippen LogP contribution in [0.25, 0.3) is 0 Å². The Bertz CT molecular complexity index is 188. The van der Waals surface area contributed by atoms with Crippen molar-refractivity contribution in [1.82, 2.24) is 4.90 Å². The number of hydrogen-bond acceptors (Lipinski definition) is 2. The van der Waals surface area contributed by atoms with Gasteiger partial charge in [-0.1, -0.05) is 0 Å². The van der Waals surface area contributed by atoms with Gasteiger partial charge in [-0.2, -0.15) is 0 Å². The maximum Gasteiger partial charge on any atom is 0.0465 e. The van der Waals surface area contributed by atoms with E-state index in [0.717, 1.165) is 17.9 Å². The van der Waals surface area contributed by atoms with Gasteiger partial charge in [0, 0.05) is 25.7 Å². The van der Waals surface area contributed by atoms with E-state index in [0.29, 0.717) is 12.5 Å². The number of likely N-dealkylation sites (tertiary alicyclic amines) is 1. The highest BCUT2D eigenvalue weighted by atomic mass is 16.3. The molecule has 3 fully saturated rings. The Labute approximate surface area is 79.9 Å². The summed E-state index contributed by atoms with van der Waals surface area (Å²) in [6.45, 7) is 3.01. The molecule has 13 heavy (non-hydrogen) atoms. The Kier molecular flexibility index (Phi) is 1.88. The monoisotopic (exact) mass is 181 g/mol. The minimum atomic E-state index is 0.438. The average molecular weight is 181 g/mol. The molecule has 0 aromatic rings. The molecule has 1 saturated heterocycles. The molecule has 0 radical (unpaired) electrons. The SMILES string of the molecule is OCC1C2CCC1CN(C1CC1)C2. The van der Waals surface area contributed by atoms with Crippen molar-refractivity contribution >= 4 is 0 Å². The summed E-state index contributed by atoms with van der Waals surface area (Å²) in [4.78, 5) is 2.69. The summed E-state index contributed by atoms with van der Waals surface area (Å²) in [5, 5.41) is 9.29. The van der Waals surface area contributed by atoms with Gasteiger partial charge in [0.15, 0.2) is 0 Å². The maximum atomic E-state index is 9.29. The van der Waals surface area contributed by atoms with E-state index < -0.39 is 0 Å². The summed E-state index contributed by atoms with van der Waals surface area (Å²) in [5.74, 6) is 2.30. The van der Waals surface area contributed by atoms with Crippen LogP contribution in [0, 0.1) is 17.8 Å². The van der Waals surface area contributed by atoms with Crippen molar-refractivity contribution in [3.63, 3.8) is 0 Å². The van der Waals surface area contributed by atoms with Crippen LogP contribution >= 0.6 is 0 Å². The van der Waals surface area contributed by atoms with Gasteiger partial charge < -0.3 is 5.11 Å². The Balaban J connectivity index is 1.70. The summed E-state index contributed by atoms with van der Waals surface area (Å²) >= 11 is 0. The molecule has 74 valence electrons. The van der Waals surface area contributed by atoms with Crippen LogP contribution in [0.2, 0.25) is 0 Å². The third-order valence-electron chi connectivity index (χ3n) is 4.33. The highest BCUT2D eigenvalue weighted by molar-refractivity contribution is 4.97. The predicted molar refractivity (Wildman–Crippen MR) is 51.4 cm³/mol. The molecule has 2 aliphatic carbocycles. The van der Waals surface area contributed by atoms with Crippen LogP contribution in [0.1, 0.15) is 25.7 Å². The van der Waals surface area contributed by atoms with Crippen LogP contribution in [0.3, 0.4) is 0 Å². The largest absolute Gasteiger partial charge is 0.396 e. The van der Waals surface area contributed by atoms with Gasteiger partial charge in [-0.05, 0) is 43.4 Å². The summed E-state index contributed by atoms with van der Waals surface area (Å²) in [7, 11) is 0. The molecular weight excluding hydrogens is 162 g/mol. The number of rotatable bonds is 2. The standard InChI is InChI=1S/C11H19NO/c13-7-11-8-1-2-9(11)6-12(5-8)10-3-4-10/h8-11,13H,1-7H2. The molecule has 3 rings (SSSR count). The topological polar surface area (TPSA) is 23.5 Å². The molecule has 2 saturated carbocycles. The molecule has 1 aliphatic heterocycles. The van der Waals surface area contributed by atoms with E-state index in [1.54, 1.807) is 0 Å². The van der Waals surface area contributed by atoms with Crippen molar-refractivity contribution in [1.29, 1.82) is 0 Å². The molecule has 0 aromatic heterocycles. The average Bonchev–Trinajstić information content (AvgIpc) is 2.92. The van der Waals surface area contributed by atoms with Crippen LogP contribution in [0.5, 0.6) is 0 Å². The molecule has 0 aromatic carbocycles. The quantitative estimate of drug-likeness (QED) is 0.689. The molecular formula is C11H19NO. The van der Waals surface area contributed by atoms with E-state index in [4.69, 9.17) is 0 Å². The van der Waals surface area contributed by atoms with Gasteiger partial charge >= 0.3 is 0 Å². The van der Waals surface area contributed by atoms with Crippen molar-refractivity contribution in [3.05, 3.63) is 0 Å². The lowest BCUT2D eigenvalue weighted by Gasteiger charge is -2.37. The highest BCUT2D eigenvalue weighted by Crippen LogP contribution is 2.44. The van der Waals surface area contributed by atoms with Crippen molar-refractivity contribution in [2.75, 3.05) is 19.7 Å². The molecule has 1 N–H and O–H groups in total. The lowest BCUT2D eigenvalue weighted by molar-refractivity contribution is 0.0622. The molecule has 3 aliphatic rings. The van der Waals surface area contributed by atoms with Gasteiger partial charge in [0.2, 0.25) is 0 Å². The van der Waals surface area contributed by atoms with Crippen LogP contribution in [0.15, 0.2) is 0 Å². The van der Waals surface area contributed by atoms with Crippen molar-refractivity contribution < 1.29 is 5.11 Å².